The topological polar surface area (TPSA) is 108 Å². The number of anilines is 3. The van der Waals surface area contributed by atoms with Crippen LogP contribution in [0.1, 0.15) is 0 Å². The fraction of sp³-hybridized carbons (Fsp3) is 0.263. The molecular formula is C19H23N7O2. The third-order valence-corrected chi connectivity index (χ3v) is 4.61. The fourth-order valence-corrected chi connectivity index (χ4v) is 3.16. The molecule has 0 unspecified atom stereocenters. The first-order valence-electron chi connectivity index (χ1n) is 9.01. The highest BCUT2D eigenvalue weighted by Gasteiger charge is 2.18. The van der Waals surface area contributed by atoms with Gasteiger partial charge >= 0.3 is 0 Å². The highest BCUT2D eigenvalue weighted by molar-refractivity contribution is 5.81. The Morgan fingerprint density at radius 1 is 0.893 bits per heavy atom. The average molecular weight is 381 g/mol. The molecular weight excluding hydrogens is 358 g/mol. The minimum atomic E-state index is 0.473. The van der Waals surface area contributed by atoms with Gasteiger partial charge < -0.3 is 25.8 Å². The first kappa shape index (κ1) is 17.9. The Kier molecular flexibility index (Phi) is 4.90. The normalized spacial score (nSPS) is 14.1. The van der Waals surface area contributed by atoms with Crippen molar-refractivity contribution in [3.8, 4) is 5.88 Å². The largest absolute Gasteiger partial charge is 0.478 e. The minimum absolute atomic E-state index is 0.473. The van der Waals surface area contributed by atoms with Crippen LogP contribution in [0, 0.1) is 0 Å². The van der Waals surface area contributed by atoms with E-state index in [1.165, 1.54) is 0 Å². The summed E-state index contributed by atoms with van der Waals surface area (Å²) in [4.78, 5) is 2.17. The molecule has 0 bridgehead atoms. The molecule has 146 valence electrons. The van der Waals surface area contributed by atoms with Gasteiger partial charge in [-0.15, -0.1) is 10.2 Å². The molecule has 5 heterocycles. The van der Waals surface area contributed by atoms with Crippen LogP contribution >= 0.6 is 0 Å². The van der Waals surface area contributed by atoms with E-state index in [9.17, 15) is 0 Å². The molecule has 9 nitrogen and oxygen atoms in total. The summed E-state index contributed by atoms with van der Waals surface area (Å²) in [5.41, 5.74) is 15.0. The van der Waals surface area contributed by atoms with Crippen molar-refractivity contribution in [2.75, 3.05) is 49.8 Å². The molecule has 4 aromatic rings. The van der Waals surface area contributed by atoms with Crippen molar-refractivity contribution in [3.05, 3.63) is 48.8 Å². The summed E-state index contributed by atoms with van der Waals surface area (Å²) < 4.78 is 13.8. The molecule has 28 heavy (non-hydrogen) atoms. The quantitative estimate of drug-likeness (QED) is 0.544. The number of fused-ring (bicyclic) bond motifs is 2. The molecule has 1 fully saturated rings. The van der Waals surface area contributed by atoms with Crippen LogP contribution in [-0.2, 0) is 4.74 Å². The van der Waals surface area contributed by atoms with E-state index in [0.717, 1.165) is 48.8 Å². The van der Waals surface area contributed by atoms with Crippen molar-refractivity contribution >= 4 is 28.2 Å². The third-order valence-electron chi connectivity index (χ3n) is 4.61. The van der Waals surface area contributed by atoms with Gasteiger partial charge in [0, 0.05) is 25.5 Å². The second kappa shape index (κ2) is 7.65. The summed E-state index contributed by atoms with van der Waals surface area (Å²) in [6.07, 6.45) is 3.74. The van der Waals surface area contributed by atoms with Crippen molar-refractivity contribution in [2.24, 2.45) is 0 Å². The van der Waals surface area contributed by atoms with E-state index < -0.39 is 0 Å². The molecule has 5 rings (SSSR count). The molecule has 1 saturated heterocycles. The number of ether oxygens (including phenoxy) is 2. The van der Waals surface area contributed by atoms with E-state index in [2.05, 4.69) is 15.1 Å². The van der Waals surface area contributed by atoms with E-state index in [1.807, 2.05) is 53.3 Å². The summed E-state index contributed by atoms with van der Waals surface area (Å²) in [6, 6.07) is 11.6. The van der Waals surface area contributed by atoms with Crippen LogP contribution in [0.4, 0.5) is 17.2 Å². The highest BCUT2D eigenvalue weighted by atomic mass is 16.5. The zero-order valence-corrected chi connectivity index (χ0v) is 15.7. The van der Waals surface area contributed by atoms with Crippen molar-refractivity contribution in [1.82, 2.24) is 19.2 Å². The van der Waals surface area contributed by atoms with Gasteiger partial charge in [0.05, 0.1) is 31.4 Å². The van der Waals surface area contributed by atoms with E-state index in [-0.39, 0.29) is 0 Å². The molecule has 4 N–H and O–H groups in total. The molecule has 1 aliphatic heterocycles. The first-order chi connectivity index (χ1) is 13.7. The minimum Gasteiger partial charge on any atom is -0.478 e. The molecule has 0 amide bonds. The van der Waals surface area contributed by atoms with Gasteiger partial charge in [0.25, 0.3) is 5.88 Å². The predicted octanol–water partition coefficient (Wildman–Crippen LogP) is 1.68. The number of rotatable bonds is 2. The molecule has 0 spiro atoms. The van der Waals surface area contributed by atoms with Crippen LogP contribution < -0.4 is 21.1 Å². The number of pyridine rings is 2. The van der Waals surface area contributed by atoms with E-state index in [4.69, 9.17) is 20.9 Å². The lowest BCUT2D eigenvalue weighted by molar-refractivity contribution is 0.122. The maximum atomic E-state index is 6.10. The highest BCUT2D eigenvalue weighted by Crippen LogP contribution is 2.26. The number of methoxy groups -OCH3 is 1. The van der Waals surface area contributed by atoms with Crippen LogP contribution in [0.15, 0.2) is 48.8 Å². The number of nitrogens with zero attached hydrogens (tertiary/aromatic N) is 5. The molecule has 4 aromatic heterocycles. The van der Waals surface area contributed by atoms with Crippen LogP contribution in [0.5, 0.6) is 5.88 Å². The van der Waals surface area contributed by atoms with Crippen LogP contribution in [0.25, 0.3) is 11.0 Å². The molecule has 9 heteroatoms. The van der Waals surface area contributed by atoms with Crippen molar-refractivity contribution < 1.29 is 9.47 Å². The van der Waals surface area contributed by atoms with E-state index >= 15 is 0 Å². The Morgan fingerprint density at radius 2 is 1.50 bits per heavy atom. The van der Waals surface area contributed by atoms with E-state index in [0.29, 0.717) is 11.6 Å². The van der Waals surface area contributed by atoms with Crippen LogP contribution in [0.2, 0.25) is 0 Å². The van der Waals surface area contributed by atoms with Gasteiger partial charge in [-0.3, -0.25) is 0 Å². The molecule has 0 aromatic carbocycles. The number of hydrogen-bond acceptors (Lipinski definition) is 7. The Balaban J connectivity index is 0.000000143. The summed E-state index contributed by atoms with van der Waals surface area (Å²) in [5, 5.41) is 8.60. The fourth-order valence-electron chi connectivity index (χ4n) is 3.16. The SMILES string of the molecule is COc1nn2ccccc2c1N.Nc1c(N2CCOCC2)nn2ccccc12. The smallest absolute Gasteiger partial charge is 0.257 e. The summed E-state index contributed by atoms with van der Waals surface area (Å²) in [7, 11) is 1.55. The van der Waals surface area contributed by atoms with Gasteiger partial charge in [-0.2, -0.15) is 0 Å². The van der Waals surface area contributed by atoms with Gasteiger partial charge in [0.15, 0.2) is 5.82 Å². The molecule has 0 radical (unpaired) electrons. The molecule has 1 aliphatic rings. The van der Waals surface area contributed by atoms with Gasteiger partial charge in [0.2, 0.25) is 0 Å². The number of aromatic nitrogens is 4. The Labute approximate surface area is 162 Å². The van der Waals surface area contributed by atoms with Crippen molar-refractivity contribution in [1.29, 1.82) is 0 Å². The Morgan fingerprint density at radius 3 is 2.07 bits per heavy atom. The number of nitrogens with two attached hydrogens (primary N) is 2. The zero-order chi connectivity index (χ0) is 19.5. The van der Waals surface area contributed by atoms with Crippen molar-refractivity contribution in [3.63, 3.8) is 0 Å². The maximum absolute atomic E-state index is 6.10. The second-order valence-electron chi connectivity index (χ2n) is 6.32. The number of hydrogen-bond donors (Lipinski definition) is 2. The molecule has 0 aliphatic carbocycles. The van der Waals surface area contributed by atoms with Gasteiger partial charge in [-0.1, -0.05) is 12.1 Å². The summed E-state index contributed by atoms with van der Waals surface area (Å²) in [5.74, 6) is 1.34. The lowest BCUT2D eigenvalue weighted by Gasteiger charge is -2.26. The number of nitrogen functional groups attached to an aromatic ring is 2. The second-order valence-corrected chi connectivity index (χ2v) is 6.32. The summed E-state index contributed by atoms with van der Waals surface area (Å²) in [6.45, 7) is 3.20. The van der Waals surface area contributed by atoms with Crippen LogP contribution in [0.3, 0.4) is 0 Å². The van der Waals surface area contributed by atoms with Gasteiger partial charge in [0.1, 0.15) is 11.4 Å². The van der Waals surface area contributed by atoms with E-state index in [1.54, 1.807) is 11.6 Å². The van der Waals surface area contributed by atoms with Crippen molar-refractivity contribution in [2.45, 2.75) is 0 Å². The predicted molar refractivity (Wildman–Crippen MR) is 109 cm³/mol. The van der Waals surface area contributed by atoms with Crippen LogP contribution in [-0.4, -0.2) is 52.6 Å². The lowest BCUT2D eigenvalue weighted by Crippen LogP contribution is -2.36. The standard InChI is InChI=1S/C11H14N4O.C8H9N3O/c12-10-9-3-1-2-4-15(9)13-11(10)14-5-7-16-8-6-14;1-12-8-7(9)6-4-2-3-5-11(6)10-8/h1-4H,5-8,12H2;2-5H,9H2,1H3. The summed E-state index contributed by atoms with van der Waals surface area (Å²) >= 11 is 0. The monoisotopic (exact) mass is 381 g/mol. The lowest BCUT2D eigenvalue weighted by atomic mass is 10.3. The van der Waals surface area contributed by atoms with Gasteiger partial charge in [-0.25, -0.2) is 9.03 Å². The molecule has 0 atom stereocenters. The average Bonchev–Trinajstić information content (AvgIpc) is 3.27. The van der Waals surface area contributed by atoms with Gasteiger partial charge in [-0.05, 0) is 24.3 Å². The Bertz CT molecular complexity index is 1080. The number of morpholine rings is 1. The maximum Gasteiger partial charge on any atom is 0.257 e. The zero-order valence-electron chi connectivity index (χ0n) is 15.7. The Hall–Kier alpha value is -3.46. The third kappa shape index (κ3) is 3.27. The molecule has 0 saturated carbocycles. The first-order valence-corrected chi connectivity index (χ1v) is 9.01.